The molecule has 2 aromatic rings. The number of nitrogens with zero attached hydrogens (tertiary/aromatic N) is 4. The molecule has 9 heteroatoms. The molecule has 1 fully saturated rings. The molecule has 1 saturated heterocycles. The van der Waals surface area contributed by atoms with E-state index in [9.17, 15) is 14.4 Å². The summed E-state index contributed by atoms with van der Waals surface area (Å²) in [5.74, 6) is -1.62. The van der Waals surface area contributed by atoms with Crippen LogP contribution >= 0.6 is 0 Å². The van der Waals surface area contributed by atoms with Crippen LogP contribution in [0.15, 0.2) is 95.3 Å². The van der Waals surface area contributed by atoms with Crippen LogP contribution in [0.3, 0.4) is 0 Å². The lowest BCUT2D eigenvalue weighted by atomic mass is 10.2. The maximum absolute atomic E-state index is 11.8. The number of pyridine rings is 1. The van der Waals surface area contributed by atoms with Gasteiger partial charge in [-0.1, -0.05) is 36.9 Å². The van der Waals surface area contributed by atoms with Crippen LogP contribution in [0.4, 0.5) is 16.2 Å². The predicted octanol–water partition coefficient (Wildman–Crippen LogP) is 3.60. The van der Waals surface area contributed by atoms with E-state index in [4.69, 9.17) is 0 Å². The van der Waals surface area contributed by atoms with Crippen molar-refractivity contribution in [1.82, 2.24) is 15.6 Å². The highest BCUT2D eigenvalue weighted by Gasteiger charge is 2.34. The molecule has 0 radical (unpaired) electrons. The van der Waals surface area contributed by atoms with Gasteiger partial charge in [-0.25, -0.2) is 4.79 Å². The fraction of sp³-hybridized carbons (Fsp3) is 0.167. The van der Waals surface area contributed by atoms with Gasteiger partial charge in [0.15, 0.2) is 0 Å². The second kappa shape index (κ2) is 11.3. The van der Waals surface area contributed by atoms with Gasteiger partial charge in [0, 0.05) is 18.4 Å². The van der Waals surface area contributed by atoms with Gasteiger partial charge in [0.2, 0.25) is 6.04 Å². The molecule has 33 heavy (non-hydrogen) atoms. The molecule has 2 N–H and O–H groups in total. The molecule has 0 unspecified atom stereocenters. The van der Waals surface area contributed by atoms with Crippen molar-refractivity contribution in [1.29, 1.82) is 0 Å². The van der Waals surface area contributed by atoms with Crippen molar-refractivity contribution in [2.45, 2.75) is 19.5 Å². The van der Waals surface area contributed by atoms with Crippen LogP contribution in [0.25, 0.3) is 0 Å². The molecule has 1 aromatic heterocycles. The Morgan fingerprint density at radius 3 is 2.45 bits per heavy atom. The highest BCUT2D eigenvalue weighted by molar-refractivity contribution is 6.18. The van der Waals surface area contributed by atoms with E-state index < -0.39 is 23.9 Å². The molecule has 0 saturated carbocycles. The number of benzene rings is 1. The number of carbonyl (C=O) groups excluding carboxylic acids is 3. The number of hydrogen-bond donors (Lipinski definition) is 2. The number of imide groups is 2. The lowest BCUT2D eigenvalue weighted by Crippen LogP contribution is -2.57. The summed E-state index contributed by atoms with van der Waals surface area (Å²) < 4.78 is 0. The van der Waals surface area contributed by atoms with Crippen molar-refractivity contribution in [3.05, 3.63) is 90.8 Å². The fourth-order valence-corrected chi connectivity index (χ4v) is 3.00. The molecule has 1 aromatic carbocycles. The monoisotopic (exact) mass is 444 g/mol. The lowest BCUT2D eigenvalue weighted by molar-refractivity contribution is -0.131. The summed E-state index contributed by atoms with van der Waals surface area (Å²) in [4.78, 5) is 41.2. The molecule has 0 aliphatic carbocycles. The molecule has 0 spiro atoms. The van der Waals surface area contributed by atoms with Crippen molar-refractivity contribution in [3.63, 3.8) is 0 Å². The van der Waals surface area contributed by atoms with E-state index in [0.717, 1.165) is 17.0 Å². The van der Waals surface area contributed by atoms with Gasteiger partial charge in [0.25, 0.3) is 11.8 Å². The smallest absolute Gasteiger partial charge is 0.328 e. The number of aromatic nitrogens is 1. The molecular formula is C24H24N6O3. The number of urea groups is 1. The first-order chi connectivity index (χ1) is 16.0. The molecule has 9 nitrogen and oxygen atoms in total. The predicted molar refractivity (Wildman–Crippen MR) is 125 cm³/mol. The molecule has 0 atom stereocenters. The first kappa shape index (κ1) is 23.3. The second-order valence-corrected chi connectivity index (χ2v) is 7.16. The zero-order chi connectivity index (χ0) is 23.6. The van der Waals surface area contributed by atoms with Crippen molar-refractivity contribution in [3.8, 4) is 0 Å². The van der Waals surface area contributed by atoms with Crippen LogP contribution in [0.1, 0.15) is 12.6 Å². The average molecular weight is 444 g/mol. The third-order valence-electron chi connectivity index (χ3n) is 4.58. The Labute approximate surface area is 191 Å². The van der Waals surface area contributed by atoms with Gasteiger partial charge in [0.05, 0.1) is 17.9 Å². The number of hydrogen-bond acceptors (Lipinski definition) is 7. The summed E-state index contributed by atoms with van der Waals surface area (Å²) in [6, 6.07) is 10.7. The third-order valence-corrected chi connectivity index (χ3v) is 4.58. The topological polar surface area (TPSA) is 116 Å². The van der Waals surface area contributed by atoms with E-state index in [1.165, 1.54) is 0 Å². The molecular weight excluding hydrogens is 420 g/mol. The Hall–Kier alpha value is -4.40. The van der Waals surface area contributed by atoms with Gasteiger partial charge in [0.1, 0.15) is 0 Å². The van der Waals surface area contributed by atoms with Crippen LogP contribution in [0.2, 0.25) is 0 Å². The zero-order valence-corrected chi connectivity index (χ0v) is 18.1. The molecule has 3 rings (SSSR count). The van der Waals surface area contributed by atoms with Gasteiger partial charge in [-0.15, -0.1) is 0 Å². The summed E-state index contributed by atoms with van der Waals surface area (Å²) in [7, 11) is 0. The summed E-state index contributed by atoms with van der Waals surface area (Å²) in [6.45, 7) is 7.25. The van der Waals surface area contributed by atoms with Gasteiger partial charge < -0.3 is 4.90 Å². The van der Waals surface area contributed by atoms with Crippen molar-refractivity contribution >= 4 is 29.2 Å². The zero-order valence-electron chi connectivity index (χ0n) is 18.1. The average Bonchev–Trinajstić information content (AvgIpc) is 2.79. The van der Waals surface area contributed by atoms with Gasteiger partial charge in [-0.05, 0) is 48.9 Å². The minimum Gasteiger partial charge on any atom is -0.361 e. The summed E-state index contributed by atoms with van der Waals surface area (Å²) >= 11 is 0. The maximum Gasteiger partial charge on any atom is 0.328 e. The number of nitrogens with one attached hydrogen (secondary N) is 2. The van der Waals surface area contributed by atoms with Crippen molar-refractivity contribution in [2.75, 3.05) is 11.4 Å². The Morgan fingerprint density at radius 2 is 1.82 bits per heavy atom. The van der Waals surface area contributed by atoms with Crippen LogP contribution in [-0.2, 0) is 16.1 Å². The van der Waals surface area contributed by atoms with Crippen LogP contribution in [0, 0.1) is 0 Å². The minimum atomic E-state index is -1.41. The number of azo groups is 1. The summed E-state index contributed by atoms with van der Waals surface area (Å²) in [5, 5.41) is 11.7. The SMILES string of the molecule is C=C(/C=C\C=C/C)CN(Cc1ccccn1)c1ccc(N=NC2C(=O)NC(=O)NC2=O)cc1. The molecule has 1 aliphatic heterocycles. The number of anilines is 1. The van der Waals surface area contributed by atoms with Crippen LogP contribution in [0.5, 0.6) is 0 Å². The standard InChI is InChI=1S/C24H24N6O3/c1-3-4-5-8-17(2)15-30(16-19-9-6-7-14-25-19)20-12-10-18(11-13-20)28-29-21-22(31)26-24(33)27-23(21)32/h3-14,21H,2,15-16H2,1H3,(H2,26,27,31,32,33)/b4-3-,8-5-,29-28?. The molecule has 4 amide bonds. The van der Waals surface area contributed by atoms with E-state index in [-0.39, 0.29) is 0 Å². The van der Waals surface area contributed by atoms with Gasteiger partial charge in [-0.3, -0.25) is 25.2 Å². The Kier molecular flexibility index (Phi) is 7.96. The Morgan fingerprint density at radius 1 is 1.09 bits per heavy atom. The number of rotatable bonds is 9. The molecule has 168 valence electrons. The quantitative estimate of drug-likeness (QED) is 0.348. The van der Waals surface area contributed by atoms with E-state index in [2.05, 4.69) is 26.7 Å². The van der Waals surface area contributed by atoms with Crippen LogP contribution < -0.4 is 15.5 Å². The number of amides is 4. The largest absolute Gasteiger partial charge is 0.361 e. The highest BCUT2D eigenvalue weighted by Crippen LogP contribution is 2.23. The van der Waals surface area contributed by atoms with E-state index >= 15 is 0 Å². The Bertz CT molecular complexity index is 1090. The van der Waals surface area contributed by atoms with Gasteiger partial charge in [-0.2, -0.15) is 10.2 Å². The number of allylic oxidation sites excluding steroid dienone is 3. The first-order valence-electron chi connectivity index (χ1n) is 10.2. The fourth-order valence-electron chi connectivity index (χ4n) is 3.00. The van der Waals surface area contributed by atoms with E-state index in [0.29, 0.717) is 18.8 Å². The first-order valence-corrected chi connectivity index (χ1v) is 10.2. The number of carbonyl (C=O) groups is 3. The molecule has 2 heterocycles. The summed E-state index contributed by atoms with van der Waals surface area (Å²) in [6.07, 6.45) is 9.54. The molecule has 1 aliphatic rings. The van der Waals surface area contributed by atoms with Gasteiger partial charge >= 0.3 is 6.03 Å². The molecule has 0 bridgehead atoms. The highest BCUT2D eigenvalue weighted by atomic mass is 16.2. The normalized spacial score (nSPS) is 14.8. The summed E-state index contributed by atoms with van der Waals surface area (Å²) in [5.41, 5.74) is 3.21. The Balaban J connectivity index is 1.75. The maximum atomic E-state index is 11.8. The van der Waals surface area contributed by atoms with Crippen molar-refractivity contribution < 1.29 is 14.4 Å². The third kappa shape index (κ3) is 6.79. The van der Waals surface area contributed by atoms with E-state index in [1.807, 2.05) is 72.2 Å². The van der Waals surface area contributed by atoms with Crippen LogP contribution in [-0.4, -0.2) is 35.4 Å². The lowest BCUT2D eigenvalue weighted by Gasteiger charge is -2.25. The van der Waals surface area contributed by atoms with E-state index in [1.54, 1.807) is 18.3 Å². The minimum absolute atomic E-state index is 0.459. The number of barbiturate groups is 1. The second-order valence-electron chi connectivity index (χ2n) is 7.16. The van der Waals surface area contributed by atoms with Crippen molar-refractivity contribution in [2.24, 2.45) is 10.2 Å².